The minimum Gasteiger partial charge on any atom is -0.492 e. The van der Waals surface area contributed by atoms with E-state index in [9.17, 15) is 34.8 Å². The molecule has 336 valence electrons. The number of fused-ring (bicyclic) bond motifs is 8. The molecule has 2 aromatic carbocycles. The Kier molecular flexibility index (Phi) is 12.5. The zero-order valence-electron chi connectivity index (χ0n) is 36.1. The zero-order chi connectivity index (χ0) is 44.0. The average molecular weight is 867 g/mol. The first-order valence-corrected chi connectivity index (χ1v) is 22.6. The van der Waals surface area contributed by atoms with E-state index < -0.39 is 42.7 Å². The second-order valence-corrected chi connectivity index (χ2v) is 18.1. The summed E-state index contributed by atoms with van der Waals surface area (Å²) < 4.78 is 31.0. The molecular weight excluding hydrogens is 809 g/mol. The van der Waals surface area contributed by atoms with Crippen LogP contribution in [0.4, 0.5) is 0 Å². The number of aldehydes is 1. The summed E-state index contributed by atoms with van der Waals surface area (Å²) in [6.45, 7) is 4.13. The highest BCUT2D eigenvalue weighted by Gasteiger charge is 2.54. The Morgan fingerprint density at radius 2 is 1.95 bits per heavy atom. The Hall–Kier alpha value is -4.70. The van der Waals surface area contributed by atoms with Crippen LogP contribution in [0.25, 0.3) is 11.6 Å². The maximum atomic E-state index is 14.5. The van der Waals surface area contributed by atoms with Crippen molar-refractivity contribution in [3.8, 4) is 17.2 Å². The lowest BCUT2D eigenvalue weighted by molar-refractivity contribution is -0.141. The fourth-order valence-electron chi connectivity index (χ4n) is 11.4. The highest BCUT2D eigenvalue weighted by Crippen LogP contribution is 2.58. The minimum atomic E-state index is -1.29. The monoisotopic (exact) mass is 866 g/mol. The van der Waals surface area contributed by atoms with E-state index in [0.29, 0.717) is 66.7 Å². The van der Waals surface area contributed by atoms with Crippen molar-refractivity contribution in [1.29, 1.82) is 0 Å². The van der Waals surface area contributed by atoms with Crippen molar-refractivity contribution >= 4 is 29.7 Å². The van der Waals surface area contributed by atoms with Crippen LogP contribution in [0, 0.1) is 23.7 Å². The maximum Gasteiger partial charge on any atom is 0.375 e. The van der Waals surface area contributed by atoms with Gasteiger partial charge in [0.2, 0.25) is 5.76 Å². The molecule has 7 aliphatic rings. The van der Waals surface area contributed by atoms with Gasteiger partial charge in [0, 0.05) is 74.6 Å². The van der Waals surface area contributed by atoms with Gasteiger partial charge >= 0.3 is 5.97 Å². The van der Waals surface area contributed by atoms with Crippen LogP contribution in [-0.2, 0) is 43.3 Å². The van der Waals surface area contributed by atoms with Gasteiger partial charge in [0.05, 0.1) is 55.0 Å². The van der Waals surface area contributed by atoms with E-state index in [1.54, 1.807) is 14.0 Å². The first kappa shape index (κ1) is 43.5. The van der Waals surface area contributed by atoms with Crippen LogP contribution in [0.2, 0.25) is 0 Å². The second kappa shape index (κ2) is 18.1. The predicted molar refractivity (Wildman–Crippen MR) is 229 cm³/mol. The van der Waals surface area contributed by atoms with Crippen molar-refractivity contribution in [2.24, 2.45) is 28.7 Å². The van der Waals surface area contributed by atoms with Crippen LogP contribution in [-0.4, -0.2) is 121 Å². The number of likely N-dealkylation sites (tertiary alicyclic amines) is 1. The van der Waals surface area contributed by atoms with E-state index in [0.717, 1.165) is 54.2 Å². The maximum absolute atomic E-state index is 14.5. The number of ether oxygens (including phenoxy) is 5. The number of piperidine rings is 1. The number of methoxy groups -OCH3 is 1. The fourth-order valence-corrected chi connectivity index (χ4v) is 11.4. The molecule has 0 amide bonds. The van der Waals surface area contributed by atoms with E-state index in [1.807, 2.05) is 24.3 Å². The standard InChI is InChI=1S/C49H58N2O12/c1-3-60-48(57)47-36(24-54)41-31-16-32(23-53)43(56)34(18-31)33-17-29-9-12-50-39(29)19-28(33)8-7-27(22-52)26-61-45-35-20-40(62-44(35)37(25-55)46(63-47)42(41)45)49(58)11-4-6-30-21-51(13-5-15-59-2)14-10-38(30)49/h4,6,9,17,19,24,27,30,32,34,38,40,52-53,55,58H,3,5,7-8,10-16,18,20-23,25-26H2,1-2H3/b41-31-/t27-,30+,32+,34+,38+,40-,49+/m0/s1. The third-order valence-corrected chi connectivity index (χ3v) is 14.5. The lowest BCUT2D eigenvalue weighted by atomic mass is 9.66. The van der Waals surface area contributed by atoms with Crippen LogP contribution >= 0.6 is 0 Å². The summed E-state index contributed by atoms with van der Waals surface area (Å²) >= 11 is 0. The number of ketones is 1. The molecule has 14 nitrogen and oxygen atoms in total. The van der Waals surface area contributed by atoms with E-state index in [4.69, 9.17) is 23.7 Å². The number of allylic oxidation sites excluding steroid dienone is 3. The van der Waals surface area contributed by atoms with Crippen molar-refractivity contribution in [3.63, 3.8) is 0 Å². The molecule has 1 saturated heterocycles. The van der Waals surface area contributed by atoms with Gasteiger partial charge in [-0.25, -0.2) is 4.79 Å². The third-order valence-electron chi connectivity index (χ3n) is 14.5. The molecule has 0 radical (unpaired) electrons. The Morgan fingerprint density at radius 3 is 2.71 bits per heavy atom. The number of aliphatic hydroxyl groups excluding tert-OH is 3. The van der Waals surface area contributed by atoms with Gasteiger partial charge in [0.1, 0.15) is 34.7 Å². The molecule has 2 aliphatic carbocycles. The molecule has 0 aromatic heterocycles. The van der Waals surface area contributed by atoms with Crippen LogP contribution in [0.1, 0.15) is 79.2 Å². The smallest absolute Gasteiger partial charge is 0.375 e. The number of hydrogen-bond donors (Lipinski definition) is 4. The van der Waals surface area contributed by atoms with Crippen LogP contribution in [0.15, 0.2) is 46.2 Å². The molecule has 1 saturated carbocycles. The molecule has 2 aromatic rings. The number of aryl methyl sites for hydroxylation is 1. The van der Waals surface area contributed by atoms with Gasteiger partial charge in [-0.2, -0.15) is 0 Å². The van der Waals surface area contributed by atoms with Gasteiger partial charge < -0.3 is 49.0 Å². The topological polar surface area (TPSA) is 194 Å². The number of benzene rings is 2. The summed E-state index contributed by atoms with van der Waals surface area (Å²) in [5.41, 5.74) is 2.34. The molecule has 14 heteroatoms. The summed E-state index contributed by atoms with van der Waals surface area (Å²) in [6, 6.07) is 4.02. The highest BCUT2D eigenvalue weighted by molar-refractivity contribution is 6.11. The number of nitrogens with zero attached hydrogens (tertiary/aromatic N) is 2. The predicted octanol–water partition coefficient (Wildman–Crippen LogP) is 2.41. The molecule has 2 bridgehead atoms. The zero-order valence-corrected chi connectivity index (χ0v) is 36.1. The molecule has 2 fully saturated rings. The van der Waals surface area contributed by atoms with E-state index in [2.05, 4.69) is 16.0 Å². The molecule has 9 rings (SSSR count). The fraction of sp³-hybridized carbons (Fsp3) is 0.551. The van der Waals surface area contributed by atoms with Crippen molar-refractivity contribution in [2.45, 2.75) is 82.5 Å². The van der Waals surface area contributed by atoms with Crippen LogP contribution < -0.4 is 24.8 Å². The SMILES string of the molecule is CCOC(=O)C1=C(C=O)/C2=C3\C[C@H](CO)C(=O)[C@H](C3)c3cc4c(cc3CC[C@@H](CO)COc3c5c(c(CO)c(c32)O1)O[C@H]([C@@]1(O)CC=C[C@@H]2CN(CCCOC)CC[C@H]21)C5)=NCC=4. The summed E-state index contributed by atoms with van der Waals surface area (Å²) in [4.78, 5) is 48.9. The molecule has 4 N–H and O–H groups in total. The molecular formula is C49H58N2O12. The molecule has 5 heterocycles. The van der Waals surface area contributed by atoms with Gasteiger partial charge in [0.15, 0.2) is 6.29 Å². The van der Waals surface area contributed by atoms with Gasteiger partial charge in [-0.1, -0.05) is 23.8 Å². The Morgan fingerprint density at radius 1 is 1.10 bits per heavy atom. The van der Waals surface area contributed by atoms with Gasteiger partial charge in [-0.05, 0) is 92.8 Å². The Balaban J connectivity index is 1.23. The lowest BCUT2D eigenvalue weighted by Crippen LogP contribution is -2.58. The summed E-state index contributed by atoms with van der Waals surface area (Å²) in [5.74, 6) is -2.77. The second-order valence-electron chi connectivity index (χ2n) is 18.1. The Bertz CT molecular complexity index is 2400. The number of carbonyl (C=O) groups is 3. The molecule has 63 heavy (non-hydrogen) atoms. The van der Waals surface area contributed by atoms with E-state index in [1.165, 1.54) is 0 Å². The number of rotatable bonds is 11. The number of Topliss-reactive ketones (excluding diaryl/α,β-unsaturated/α-hetero) is 1. The lowest BCUT2D eigenvalue weighted by Gasteiger charge is -2.49. The Labute approximate surface area is 366 Å². The number of aliphatic hydroxyl groups is 4. The number of carbonyl (C=O) groups excluding carboxylic acids is 3. The largest absolute Gasteiger partial charge is 0.492 e. The normalized spacial score (nSPS) is 29.7. The molecule has 7 atom stereocenters. The summed E-state index contributed by atoms with van der Waals surface area (Å²) in [5, 5.41) is 47.6. The minimum absolute atomic E-state index is 0.0109. The molecule has 5 aliphatic heterocycles. The first-order chi connectivity index (χ1) is 30.7. The number of esters is 1. The van der Waals surface area contributed by atoms with Crippen molar-refractivity contribution in [2.75, 3.05) is 66.3 Å². The number of hydrogen-bond acceptors (Lipinski definition) is 14. The average Bonchev–Trinajstić information content (AvgIpc) is 3.96. The first-order valence-electron chi connectivity index (χ1n) is 22.6. The van der Waals surface area contributed by atoms with E-state index in [-0.39, 0.29) is 91.0 Å². The summed E-state index contributed by atoms with van der Waals surface area (Å²) in [6.07, 6.45) is 9.51. The molecule has 0 spiro atoms. The summed E-state index contributed by atoms with van der Waals surface area (Å²) in [7, 11) is 1.70. The van der Waals surface area contributed by atoms with E-state index >= 15 is 0 Å². The van der Waals surface area contributed by atoms with Crippen molar-refractivity contribution < 1.29 is 58.5 Å². The third kappa shape index (κ3) is 7.65. The van der Waals surface area contributed by atoms with Gasteiger partial charge in [0.25, 0.3) is 0 Å². The van der Waals surface area contributed by atoms with Gasteiger partial charge in [-0.3, -0.25) is 14.6 Å². The quantitative estimate of drug-likeness (QED) is 0.112. The highest BCUT2D eigenvalue weighted by atomic mass is 16.6. The molecule has 0 unspecified atom stereocenters. The van der Waals surface area contributed by atoms with Crippen molar-refractivity contribution in [3.05, 3.63) is 79.6 Å². The van der Waals surface area contributed by atoms with Crippen LogP contribution in [0.3, 0.4) is 0 Å². The van der Waals surface area contributed by atoms with Crippen LogP contribution in [0.5, 0.6) is 17.2 Å². The van der Waals surface area contributed by atoms with Crippen molar-refractivity contribution in [1.82, 2.24) is 4.90 Å². The van der Waals surface area contributed by atoms with Gasteiger partial charge in [-0.15, -0.1) is 0 Å².